The van der Waals surface area contributed by atoms with Crippen LogP contribution in [0.15, 0.2) is 35.4 Å². The number of carboxylic acids is 1. The Balaban J connectivity index is 2.24. The fourth-order valence-corrected chi connectivity index (χ4v) is 2.79. The third kappa shape index (κ3) is 2.58. The number of hydrazone groups is 1. The van der Waals surface area contributed by atoms with E-state index >= 15 is 0 Å². The number of hydrogen-bond acceptors (Lipinski definition) is 3. The first-order valence-corrected chi connectivity index (χ1v) is 7.92. The molecule has 3 rings (SSSR count). The molecule has 0 spiro atoms. The number of amides is 1. The van der Waals surface area contributed by atoms with Gasteiger partial charge in [0.2, 0.25) is 0 Å². The Morgan fingerprint density at radius 1 is 1.29 bits per heavy atom. The van der Waals surface area contributed by atoms with Crippen LogP contribution in [0.4, 0.5) is 0 Å². The number of carbonyl (C=O) groups is 2. The van der Waals surface area contributed by atoms with Crippen LogP contribution in [0.25, 0.3) is 10.9 Å². The summed E-state index contributed by atoms with van der Waals surface area (Å²) in [6.07, 6.45) is 0. The molecule has 1 unspecified atom stereocenters. The quantitative estimate of drug-likeness (QED) is 0.921. The minimum absolute atomic E-state index is 0.288. The van der Waals surface area contributed by atoms with Crippen LogP contribution in [0.2, 0.25) is 0 Å². The van der Waals surface area contributed by atoms with E-state index in [9.17, 15) is 14.7 Å². The lowest BCUT2D eigenvalue weighted by atomic mass is 9.90. The van der Waals surface area contributed by atoms with E-state index in [1.165, 1.54) is 6.92 Å². The summed E-state index contributed by atoms with van der Waals surface area (Å²) in [5.74, 6) is -1.47. The van der Waals surface area contributed by atoms with Crippen LogP contribution >= 0.6 is 0 Å². The molecule has 0 aliphatic carbocycles. The van der Waals surface area contributed by atoms with Gasteiger partial charge in [0.1, 0.15) is 5.69 Å². The zero-order valence-electron chi connectivity index (χ0n) is 14.3. The lowest BCUT2D eigenvalue weighted by Crippen LogP contribution is -2.40. The third-order valence-corrected chi connectivity index (χ3v) is 4.36. The molecule has 126 valence electrons. The number of para-hydroxylation sites is 1. The van der Waals surface area contributed by atoms with E-state index in [1.54, 1.807) is 6.07 Å². The van der Waals surface area contributed by atoms with E-state index in [1.807, 2.05) is 49.6 Å². The fraction of sp³-hybridized carbons (Fsp3) is 0.389. The van der Waals surface area contributed by atoms with Crippen molar-refractivity contribution >= 4 is 28.5 Å². The van der Waals surface area contributed by atoms with Gasteiger partial charge in [0.25, 0.3) is 5.91 Å². The van der Waals surface area contributed by atoms with Crippen molar-refractivity contribution in [2.75, 3.05) is 0 Å². The molecular weight excluding hydrogens is 306 g/mol. The third-order valence-electron chi connectivity index (χ3n) is 4.36. The van der Waals surface area contributed by atoms with Crippen LogP contribution in [-0.2, 0) is 11.3 Å². The molecule has 1 aliphatic rings. The first kappa shape index (κ1) is 16.2. The van der Waals surface area contributed by atoms with E-state index in [0.717, 1.165) is 21.6 Å². The zero-order valence-corrected chi connectivity index (χ0v) is 14.3. The average molecular weight is 327 g/mol. The number of aliphatic carboxylic acids is 1. The van der Waals surface area contributed by atoms with Gasteiger partial charge in [0.15, 0.2) is 6.04 Å². The molecule has 2 heterocycles. The number of nitrogens with zero attached hydrogens (tertiary/aromatic N) is 3. The Labute approximate surface area is 140 Å². The van der Waals surface area contributed by atoms with E-state index in [0.29, 0.717) is 12.2 Å². The SMILES string of the molecule is CC(C(=O)O)N1N=C(C(C)(C)C)Cn2c(cc3ccccc32)C1=O. The van der Waals surface area contributed by atoms with Crippen LogP contribution in [0, 0.1) is 5.41 Å². The van der Waals surface area contributed by atoms with Crippen LogP contribution in [0.3, 0.4) is 0 Å². The Kier molecular flexibility index (Phi) is 3.70. The Morgan fingerprint density at radius 3 is 2.58 bits per heavy atom. The monoisotopic (exact) mass is 327 g/mol. The molecule has 1 amide bonds. The fourth-order valence-electron chi connectivity index (χ4n) is 2.79. The van der Waals surface area contributed by atoms with Crippen molar-refractivity contribution in [2.45, 2.75) is 40.3 Å². The lowest BCUT2D eigenvalue weighted by molar-refractivity contribution is -0.141. The van der Waals surface area contributed by atoms with Gasteiger partial charge in [-0.3, -0.25) is 4.79 Å². The van der Waals surface area contributed by atoms with E-state index in [-0.39, 0.29) is 11.3 Å². The molecule has 1 aromatic heterocycles. The Morgan fingerprint density at radius 2 is 1.96 bits per heavy atom. The molecule has 1 N–H and O–H groups in total. The zero-order chi connectivity index (χ0) is 17.6. The van der Waals surface area contributed by atoms with E-state index < -0.39 is 12.0 Å². The van der Waals surface area contributed by atoms with Crippen molar-refractivity contribution in [3.05, 3.63) is 36.0 Å². The van der Waals surface area contributed by atoms with Crippen molar-refractivity contribution in [1.29, 1.82) is 0 Å². The normalized spacial score (nSPS) is 16.6. The molecule has 1 atom stereocenters. The molecule has 6 heteroatoms. The van der Waals surface area contributed by atoms with Crippen LogP contribution in [0.5, 0.6) is 0 Å². The van der Waals surface area contributed by atoms with Crippen LogP contribution in [-0.4, -0.2) is 38.3 Å². The molecule has 6 nitrogen and oxygen atoms in total. The molecule has 1 aliphatic heterocycles. The number of hydrogen-bond donors (Lipinski definition) is 1. The maximum atomic E-state index is 13.0. The van der Waals surface area contributed by atoms with Gasteiger partial charge >= 0.3 is 5.97 Å². The van der Waals surface area contributed by atoms with Gasteiger partial charge in [0, 0.05) is 16.3 Å². The molecule has 2 aromatic rings. The maximum Gasteiger partial charge on any atom is 0.328 e. The molecule has 0 saturated heterocycles. The number of carbonyl (C=O) groups excluding carboxylic acids is 1. The van der Waals surface area contributed by atoms with Gasteiger partial charge in [-0.1, -0.05) is 39.0 Å². The maximum absolute atomic E-state index is 13.0. The summed E-state index contributed by atoms with van der Waals surface area (Å²) in [6, 6.07) is 8.53. The summed E-state index contributed by atoms with van der Waals surface area (Å²) in [6.45, 7) is 7.97. The summed E-state index contributed by atoms with van der Waals surface area (Å²) in [5, 5.41) is 15.8. The number of benzene rings is 1. The molecular formula is C18H21N3O3. The van der Waals surface area contributed by atoms with Gasteiger partial charge in [-0.2, -0.15) is 5.10 Å². The Hall–Kier alpha value is -2.63. The summed E-state index contributed by atoms with van der Waals surface area (Å²) < 4.78 is 1.93. The smallest absolute Gasteiger partial charge is 0.328 e. The highest BCUT2D eigenvalue weighted by molar-refractivity contribution is 6.03. The largest absolute Gasteiger partial charge is 0.480 e. The average Bonchev–Trinajstić information content (AvgIpc) is 2.80. The molecule has 24 heavy (non-hydrogen) atoms. The summed E-state index contributed by atoms with van der Waals surface area (Å²) in [5.41, 5.74) is 1.89. The first-order chi connectivity index (χ1) is 11.2. The van der Waals surface area contributed by atoms with Crippen molar-refractivity contribution in [3.63, 3.8) is 0 Å². The van der Waals surface area contributed by atoms with Gasteiger partial charge in [-0.25, -0.2) is 9.80 Å². The summed E-state index contributed by atoms with van der Waals surface area (Å²) >= 11 is 0. The lowest BCUT2D eigenvalue weighted by Gasteiger charge is -2.24. The van der Waals surface area contributed by atoms with E-state index in [2.05, 4.69) is 5.10 Å². The summed E-state index contributed by atoms with van der Waals surface area (Å²) in [4.78, 5) is 24.4. The van der Waals surface area contributed by atoms with Crippen molar-refractivity contribution in [3.8, 4) is 0 Å². The second-order valence-electron chi connectivity index (χ2n) is 7.14. The van der Waals surface area contributed by atoms with Crippen LogP contribution in [0.1, 0.15) is 38.2 Å². The van der Waals surface area contributed by atoms with Crippen molar-refractivity contribution in [1.82, 2.24) is 9.58 Å². The van der Waals surface area contributed by atoms with Crippen molar-refractivity contribution < 1.29 is 14.7 Å². The number of fused-ring (bicyclic) bond motifs is 3. The number of aromatic nitrogens is 1. The molecule has 0 fully saturated rings. The van der Waals surface area contributed by atoms with Gasteiger partial charge < -0.3 is 9.67 Å². The highest BCUT2D eigenvalue weighted by Crippen LogP contribution is 2.28. The predicted octanol–water partition coefficient (Wildman–Crippen LogP) is 2.97. The Bertz CT molecular complexity index is 858. The van der Waals surface area contributed by atoms with Gasteiger partial charge in [-0.15, -0.1) is 0 Å². The van der Waals surface area contributed by atoms with E-state index in [4.69, 9.17) is 0 Å². The van der Waals surface area contributed by atoms with Crippen molar-refractivity contribution in [2.24, 2.45) is 10.5 Å². The molecule has 1 aromatic carbocycles. The predicted molar refractivity (Wildman–Crippen MR) is 92.1 cm³/mol. The minimum Gasteiger partial charge on any atom is -0.480 e. The highest BCUT2D eigenvalue weighted by atomic mass is 16.4. The molecule has 0 radical (unpaired) electrons. The highest BCUT2D eigenvalue weighted by Gasteiger charge is 2.34. The standard InChI is InChI=1S/C18H21N3O3/c1-11(17(23)24)21-16(22)14-9-12-7-5-6-8-13(12)20(14)10-15(19-21)18(2,3)4/h5-9,11H,10H2,1-4H3,(H,23,24). The second kappa shape index (κ2) is 5.47. The van der Waals surface area contributed by atoms with Gasteiger partial charge in [-0.05, 0) is 19.1 Å². The summed E-state index contributed by atoms with van der Waals surface area (Å²) in [7, 11) is 0. The molecule has 0 saturated carbocycles. The topological polar surface area (TPSA) is 74.9 Å². The van der Waals surface area contributed by atoms with Crippen LogP contribution < -0.4 is 0 Å². The number of rotatable bonds is 2. The van der Waals surface area contributed by atoms with Gasteiger partial charge in [0.05, 0.1) is 12.3 Å². The first-order valence-electron chi connectivity index (χ1n) is 7.92. The second-order valence-corrected chi connectivity index (χ2v) is 7.14. The minimum atomic E-state index is -1.08. The molecule has 0 bridgehead atoms. The number of carboxylic acid groups (broad SMARTS) is 1.